The molecule has 1 aliphatic rings. The van der Waals surface area contributed by atoms with Gasteiger partial charge >= 0.3 is 0 Å². The second-order valence-corrected chi connectivity index (χ2v) is 7.27. The molecule has 0 aliphatic carbocycles. The Morgan fingerprint density at radius 1 is 1.07 bits per heavy atom. The van der Waals surface area contributed by atoms with Crippen LogP contribution in [0.25, 0.3) is 0 Å². The van der Waals surface area contributed by atoms with E-state index >= 15 is 0 Å². The normalized spacial score (nSPS) is 13.2. The van der Waals surface area contributed by atoms with E-state index in [1.807, 2.05) is 0 Å². The molecule has 3 N–H and O–H groups in total. The highest BCUT2D eigenvalue weighted by molar-refractivity contribution is 5.82. The molecule has 28 heavy (non-hydrogen) atoms. The van der Waals surface area contributed by atoms with Crippen LogP contribution >= 0.6 is 0 Å². The van der Waals surface area contributed by atoms with Crippen molar-refractivity contribution >= 4 is 28.7 Å². The molecule has 0 saturated heterocycles. The number of aromatic nitrogens is 2. The topological polar surface area (TPSA) is 67.1 Å². The Balaban J connectivity index is 1.58. The van der Waals surface area contributed by atoms with E-state index in [1.165, 1.54) is 29.7 Å². The lowest BCUT2D eigenvalue weighted by atomic mass is 10.0. The van der Waals surface area contributed by atoms with Crippen LogP contribution in [0, 0.1) is 0 Å². The van der Waals surface area contributed by atoms with E-state index in [0.29, 0.717) is 11.5 Å². The number of para-hydroxylation sites is 1. The van der Waals surface area contributed by atoms with Gasteiger partial charge in [-0.3, -0.25) is 0 Å². The van der Waals surface area contributed by atoms with Crippen molar-refractivity contribution in [3.63, 3.8) is 0 Å². The molecule has 3 aromatic rings. The maximum absolute atomic E-state index is 6.49. The van der Waals surface area contributed by atoms with Crippen LogP contribution in [0.4, 0.5) is 28.7 Å². The van der Waals surface area contributed by atoms with Gasteiger partial charge in [0.05, 0.1) is 0 Å². The lowest BCUT2D eigenvalue weighted by molar-refractivity contribution is 0.759. The average Bonchev–Trinajstić information content (AvgIpc) is 2.74. The highest BCUT2D eigenvalue weighted by Crippen LogP contribution is 2.37. The molecule has 2 aromatic carbocycles. The van der Waals surface area contributed by atoms with Crippen LogP contribution in [0.3, 0.4) is 0 Å². The van der Waals surface area contributed by atoms with Gasteiger partial charge in [-0.1, -0.05) is 43.7 Å². The van der Waals surface area contributed by atoms with E-state index in [0.717, 1.165) is 37.3 Å². The number of unbranched alkanes of at least 4 members (excludes halogenated alkanes) is 1. The lowest BCUT2D eigenvalue weighted by Crippen LogP contribution is -2.26. The number of nitrogen functional groups attached to an aromatic ring is 1. The molecule has 4 rings (SSSR count). The van der Waals surface area contributed by atoms with E-state index in [-0.39, 0.29) is 0 Å². The predicted octanol–water partition coefficient (Wildman–Crippen LogP) is 5.23. The zero-order valence-corrected chi connectivity index (χ0v) is 16.4. The summed E-state index contributed by atoms with van der Waals surface area (Å²) >= 11 is 0. The largest absolute Gasteiger partial charge is 0.393 e. The number of nitrogens with two attached hydrogens (primary N) is 1. The summed E-state index contributed by atoms with van der Waals surface area (Å²) in [4.78, 5) is 11.1. The van der Waals surface area contributed by atoms with Gasteiger partial charge in [-0.2, -0.15) is 0 Å². The first-order chi connectivity index (χ1) is 13.8. The molecule has 0 saturated carbocycles. The smallest absolute Gasteiger partial charge is 0.161 e. The number of aryl methyl sites for hydroxylation is 2. The highest BCUT2D eigenvalue weighted by Gasteiger charge is 2.22. The van der Waals surface area contributed by atoms with Crippen molar-refractivity contribution < 1.29 is 0 Å². The minimum Gasteiger partial charge on any atom is -0.393 e. The van der Waals surface area contributed by atoms with Crippen LogP contribution in [0.1, 0.15) is 37.3 Å². The molecule has 0 radical (unpaired) electrons. The molecule has 0 amide bonds. The van der Waals surface area contributed by atoms with Gasteiger partial charge in [0, 0.05) is 17.9 Å². The van der Waals surface area contributed by atoms with E-state index in [2.05, 4.69) is 75.6 Å². The molecule has 0 fully saturated rings. The summed E-state index contributed by atoms with van der Waals surface area (Å²) in [5, 5.41) is 3.36. The number of nitrogens with zero attached hydrogens (tertiary/aromatic N) is 3. The molecule has 1 aromatic heterocycles. The van der Waals surface area contributed by atoms with Crippen LogP contribution in [-0.2, 0) is 12.8 Å². The monoisotopic (exact) mass is 373 g/mol. The van der Waals surface area contributed by atoms with Crippen LogP contribution in [0.2, 0.25) is 0 Å². The summed E-state index contributed by atoms with van der Waals surface area (Å²) in [7, 11) is 0. The summed E-state index contributed by atoms with van der Waals surface area (Å²) in [5.41, 5.74) is 11.9. The Kier molecular flexibility index (Phi) is 5.42. The molecule has 0 atom stereocenters. The van der Waals surface area contributed by atoms with Gasteiger partial charge in [0.25, 0.3) is 0 Å². The number of fused-ring (bicyclic) bond motifs is 1. The molecular weight excluding hydrogens is 346 g/mol. The Morgan fingerprint density at radius 2 is 1.89 bits per heavy atom. The molecule has 144 valence electrons. The van der Waals surface area contributed by atoms with Crippen molar-refractivity contribution in [3.8, 4) is 0 Å². The van der Waals surface area contributed by atoms with Gasteiger partial charge in [0.2, 0.25) is 0 Å². The standard InChI is InChI=1S/C23H27N5/c1-2-3-7-17-11-13-19(14-12-17)27-22-21(24)23(26-16-25-22)28-15-6-9-18-8-4-5-10-20(18)28/h4-5,8,10-14,16H,2-3,6-7,9,15,24H2,1H3,(H,25,26,27). The molecule has 5 nitrogen and oxygen atoms in total. The van der Waals surface area contributed by atoms with Gasteiger partial charge in [-0.05, 0) is 55.0 Å². The quantitative estimate of drug-likeness (QED) is 0.619. The Bertz CT molecular complexity index is 936. The van der Waals surface area contributed by atoms with Crippen LogP contribution < -0.4 is 16.0 Å². The van der Waals surface area contributed by atoms with E-state index in [9.17, 15) is 0 Å². The van der Waals surface area contributed by atoms with E-state index in [1.54, 1.807) is 6.33 Å². The highest BCUT2D eigenvalue weighted by atomic mass is 15.2. The van der Waals surface area contributed by atoms with E-state index < -0.39 is 0 Å². The fourth-order valence-electron chi connectivity index (χ4n) is 3.73. The number of anilines is 5. The fraction of sp³-hybridized carbons (Fsp3) is 0.304. The second-order valence-electron chi connectivity index (χ2n) is 7.27. The van der Waals surface area contributed by atoms with Crippen molar-refractivity contribution in [3.05, 3.63) is 66.0 Å². The van der Waals surface area contributed by atoms with Gasteiger partial charge in [0.15, 0.2) is 11.6 Å². The zero-order valence-electron chi connectivity index (χ0n) is 16.4. The van der Waals surface area contributed by atoms with Gasteiger partial charge in [-0.25, -0.2) is 9.97 Å². The summed E-state index contributed by atoms with van der Waals surface area (Å²) < 4.78 is 0. The number of hydrogen-bond donors (Lipinski definition) is 2. The Hall–Kier alpha value is -3.08. The first-order valence-electron chi connectivity index (χ1n) is 10.1. The van der Waals surface area contributed by atoms with Crippen molar-refractivity contribution in [1.82, 2.24) is 9.97 Å². The van der Waals surface area contributed by atoms with E-state index in [4.69, 9.17) is 5.73 Å². The second kappa shape index (κ2) is 8.30. The van der Waals surface area contributed by atoms with Crippen molar-refractivity contribution in [2.75, 3.05) is 22.5 Å². The maximum atomic E-state index is 6.49. The first-order valence-corrected chi connectivity index (χ1v) is 10.1. The SMILES string of the molecule is CCCCc1ccc(Nc2ncnc(N3CCCc4ccccc43)c2N)cc1. The first kappa shape index (κ1) is 18.3. The number of benzene rings is 2. The molecule has 5 heteroatoms. The minimum atomic E-state index is 0.578. The Labute approximate surface area is 166 Å². The molecular formula is C23H27N5. The predicted molar refractivity (Wildman–Crippen MR) is 117 cm³/mol. The molecule has 2 heterocycles. The maximum Gasteiger partial charge on any atom is 0.161 e. The van der Waals surface area contributed by atoms with Crippen LogP contribution in [-0.4, -0.2) is 16.5 Å². The van der Waals surface area contributed by atoms with Crippen LogP contribution in [0.5, 0.6) is 0 Å². The zero-order chi connectivity index (χ0) is 19.3. The molecule has 0 unspecified atom stereocenters. The minimum absolute atomic E-state index is 0.578. The number of rotatable bonds is 6. The summed E-state index contributed by atoms with van der Waals surface area (Å²) in [6, 6.07) is 17.0. The van der Waals surface area contributed by atoms with Crippen molar-refractivity contribution in [2.45, 2.75) is 39.0 Å². The summed E-state index contributed by atoms with van der Waals surface area (Å²) in [6.07, 6.45) is 7.30. The average molecular weight is 374 g/mol. The molecule has 0 bridgehead atoms. The summed E-state index contributed by atoms with van der Waals surface area (Å²) in [6.45, 7) is 3.12. The van der Waals surface area contributed by atoms with Crippen molar-refractivity contribution in [1.29, 1.82) is 0 Å². The fourth-order valence-corrected chi connectivity index (χ4v) is 3.73. The van der Waals surface area contributed by atoms with Gasteiger partial charge in [0.1, 0.15) is 12.0 Å². The summed E-state index contributed by atoms with van der Waals surface area (Å²) in [5.74, 6) is 1.42. The Morgan fingerprint density at radius 3 is 2.71 bits per heavy atom. The lowest BCUT2D eigenvalue weighted by Gasteiger charge is -2.31. The van der Waals surface area contributed by atoms with Gasteiger partial charge in [-0.15, -0.1) is 0 Å². The third kappa shape index (κ3) is 3.79. The number of hydrogen-bond acceptors (Lipinski definition) is 5. The van der Waals surface area contributed by atoms with Crippen LogP contribution in [0.15, 0.2) is 54.9 Å². The van der Waals surface area contributed by atoms with Gasteiger partial charge < -0.3 is 16.0 Å². The number of nitrogens with one attached hydrogen (secondary N) is 1. The van der Waals surface area contributed by atoms with Crippen molar-refractivity contribution in [2.24, 2.45) is 0 Å². The third-order valence-corrected chi connectivity index (χ3v) is 5.26. The molecule has 1 aliphatic heterocycles. The molecule has 0 spiro atoms. The third-order valence-electron chi connectivity index (χ3n) is 5.26.